The standard InChI is InChI=1S/C12H25N3O2/c1-8(2)4-10(7-13)6-12(17)15-9(3)5-11(14)16/h8-10H,4-7,13H2,1-3H3,(H2,14,16)(H,15,17). The molecular weight excluding hydrogens is 218 g/mol. The molecule has 0 aliphatic heterocycles. The zero-order chi connectivity index (χ0) is 13.4. The molecule has 2 amide bonds. The quantitative estimate of drug-likeness (QED) is 0.574. The summed E-state index contributed by atoms with van der Waals surface area (Å²) in [6.45, 7) is 6.49. The number of nitrogens with two attached hydrogens (primary N) is 2. The van der Waals surface area contributed by atoms with Gasteiger partial charge in [-0.1, -0.05) is 13.8 Å². The molecule has 0 aliphatic rings. The Labute approximate surface area is 103 Å². The molecule has 0 saturated carbocycles. The van der Waals surface area contributed by atoms with Crippen molar-refractivity contribution in [1.82, 2.24) is 5.32 Å². The second-order valence-electron chi connectivity index (χ2n) is 5.07. The van der Waals surface area contributed by atoms with Gasteiger partial charge in [-0.15, -0.1) is 0 Å². The van der Waals surface area contributed by atoms with Gasteiger partial charge in [-0.3, -0.25) is 9.59 Å². The fourth-order valence-corrected chi connectivity index (χ4v) is 1.88. The van der Waals surface area contributed by atoms with Gasteiger partial charge in [0.05, 0.1) is 0 Å². The number of hydrogen-bond acceptors (Lipinski definition) is 3. The first-order valence-corrected chi connectivity index (χ1v) is 6.12. The van der Waals surface area contributed by atoms with Gasteiger partial charge < -0.3 is 16.8 Å². The van der Waals surface area contributed by atoms with Crippen LogP contribution in [0.15, 0.2) is 0 Å². The summed E-state index contributed by atoms with van der Waals surface area (Å²) in [7, 11) is 0. The van der Waals surface area contributed by atoms with Gasteiger partial charge in [-0.2, -0.15) is 0 Å². The van der Waals surface area contributed by atoms with Crippen LogP contribution in [0.25, 0.3) is 0 Å². The van der Waals surface area contributed by atoms with Gasteiger partial charge in [0.2, 0.25) is 11.8 Å². The van der Waals surface area contributed by atoms with Crippen molar-refractivity contribution in [1.29, 1.82) is 0 Å². The van der Waals surface area contributed by atoms with Crippen LogP contribution in [0.4, 0.5) is 0 Å². The molecule has 17 heavy (non-hydrogen) atoms. The lowest BCUT2D eigenvalue weighted by atomic mass is 9.94. The Morgan fingerprint density at radius 1 is 1.18 bits per heavy atom. The van der Waals surface area contributed by atoms with E-state index in [9.17, 15) is 9.59 Å². The number of hydrogen-bond donors (Lipinski definition) is 3. The zero-order valence-electron chi connectivity index (χ0n) is 11.0. The third-order valence-corrected chi connectivity index (χ3v) is 2.53. The third kappa shape index (κ3) is 8.68. The van der Waals surface area contributed by atoms with Gasteiger partial charge in [0, 0.05) is 18.9 Å². The van der Waals surface area contributed by atoms with Crippen molar-refractivity contribution in [2.24, 2.45) is 23.3 Å². The van der Waals surface area contributed by atoms with E-state index < -0.39 is 5.91 Å². The number of carbonyl (C=O) groups is 2. The largest absolute Gasteiger partial charge is 0.370 e. The van der Waals surface area contributed by atoms with E-state index in [1.54, 1.807) is 6.92 Å². The average Bonchev–Trinajstić information content (AvgIpc) is 2.13. The normalized spacial score (nSPS) is 14.4. The molecule has 0 spiro atoms. The molecule has 2 atom stereocenters. The van der Waals surface area contributed by atoms with Crippen molar-refractivity contribution in [3.05, 3.63) is 0 Å². The van der Waals surface area contributed by atoms with Gasteiger partial charge in [0.15, 0.2) is 0 Å². The number of rotatable bonds is 8. The summed E-state index contributed by atoms with van der Waals surface area (Å²) in [5, 5.41) is 2.75. The predicted octanol–water partition coefficient (Wildman–Crippen LogP) is 0.378. The molecule has 5 N–H and O–H groups in total. The van der Waals surface area contributed by atoms with Gasteiger partial charge in [0.25, 0.3) is 0 Å². The molecule has 0 rings (SSSR count). The van der Waals surface area contributed by atoms with E-state index in [1.165, 1.54) is 0 Å². The Hall–Kier alpha value is -1.10. The Bertz CT molecular complexity index is 254. The molecular formula is C12H25N3O2. The minimum Gasteiger partial charge on any atom is -0.370 e. The molecule has 0 aromatic rings. The smallest absolute Gasteiger partial charge is 0.220 e. The van der Waals surface area contributed by atoms with E-state index in [0.29, 0.717) is 18.9 Å². The lowest BCUT2D eigenvalue weighted by Gasteiger charge is -2.18. The van der Waals surface area contributed by atoms with Crippen LogP contribution in [0.2, 0.25) is 0 Å². The third-order valence-electron chi connectivity index (χ3n) is 2.53. The van der Waals surface area contributed by atoms with E-state index in [4.69, 9.17) is 11.5 Å². The molecule has 0 aromatic carbocycles. The van der Waals surface area contributed by atoms with E-state index in [-0.39, 0.29) is 24.3 Å². The van der Waals surface area contributed by atoms with Crippen molar-refractivity contribution in [2.45, 2.75) is 46.1 Å². The Balaban J connectivity index is 4.01. The molecule has 0 heterocycles. The molecule has 0 saturated heterocycles. The second-order valence-corrected chi connectivity index (χ2v) is 5.07. The van der Waals surface area contributed by atoms with E-state index in [0.717, 1.165) is 6.42 Å². The van der Waals surface area contributed by atoms with Crippen molar-refractivity contribution in [3.8, 4) is 0 Å². The summed E-state index contributed by atoms with van der Waals surface area (Å²) in [4.78, 5) is 22.3. The van der Waals surface area contributed by atoms with Gasteiger partial charge in [-0.25, -0.2) is 0 Å². The van der Waals surface area contributed by atoms with E-state index in [1.807, 2.05) is 0 Å². The predicted molar refractivity (Wildman–Crippen MR) is 68.0 cm³/mol. The molecule has 0 aromatic heterocycles. The SMILES string of the molecule is CC(C)CC(CN)CC(=O)NC(C)CC(N)=O. The van der Waals surface area contributed by atoms with E-state index >= 15 is 0 Å². The Kier molecular flexibility index (Phi) is 7.54. The first-order chi connectivity index (χ1) is 7.85. The first-order valence-electron chi connectivity index (χ1n) is 6.12. The topological polar surface area (TPSA) is 98.2 Å². The second kappa shape index (κ2) is 8.06. The van der Waals surface area contributed by atoms with Crippen LogP contribution in [0.5, 0.6) is 0 Å². The Morgan fingerprint density at radius 2 is 1.76 bits per heavy atom. The molecule has 5 nitrogen and oxygen atoms in total. The molecule has 2 unspecified atom stereocenters. The summed E-state index contributed by atoms with van der Waals surface area (Å²) < 4.78 is 0. The van der Waals surface area contributed by atoms with E-state index in [2.05, 4.69) is 19.2 Å². The maximum absolute atomic E-state index is 11.7. The molecule has 0 aliphatic carbocycles. The molecule has 0 bridgehead atoms. The highest BCUT2D eigenvalue weighted by Crippen LogP contribution is 2.14. The molecule has 100 valence electrons. The van der Waals surface area contributed by atoms with Gasteiger partial charge in [-0.05, 0) is 31.7 Å². The van der Waals surface area contributed by atoms with Crippen molar-refractivity contribution in [3.63, 3.8) is 0 Å². The fourth-order valence-electron chi connectivity index (χ4n) is 1.88. The minimum absolute atomic E-state index is 0.0603. The number of primary amides is 1. The lowest BCUT2D eigenvalue weighted by molar-refractivity contribution is -0.123. The molecule has 5 heteroatoms. The Morgan fingerprint density at radius 3 is 2.18 bits per heavy atom. The monoisotopic (exact) mass is 243 g/mol. The van der Waals surface area contributed by atoms with Crippen LogP contribution in [0.3, 0.4) is 0 Å². The van der Waals surface area contributed by atoms with Crippen LogP contribution in [-0.2, 0) is 9.59 Å². The number of carbonyl (C=O) groups excluding carboxylic acids is 2. The zero-order valence-corrected chi connectivity index (χ0v) is 11.0. The highest BCUT2D eigenvalue weighted by molar-refractivity contribution is 5.78. The lowest BCUT2D eigenvalue weighted by Crippen LogP contribution is -2.37. The highest BCUT2D eigenvalue weighted by atomic mass is 16.2. The highest BCUT2D eigenvalue weighted by Gasteiger charge is 2.16. The molecule has 0 radical (unpaired) electrons. The van der Waals surface area contributed by atoms with Gasteiger partial charge >= 0.3 is 0 Å². The van der Waals surface area contributed by atoms with Crippen LogP contribution < -0.4 is 16.8 Å². The summed E-state index contributed by atoms with van der Waals surface area (Å²) >= 11 is 0. The van der Waals surface area contributed by atoms with Crippen LogP contribution in [0, 0.1) is 11.8 Å². The fraction of sp³-hybridized carbons (Fsp3) is 0.833. The van der Waals surface area contributed by atoms with Crippen LogP contribution >= 0.6 is 0 Å². The van der Waals surface area contributed by atoms with Crippen LogP contribution in [0.1, 0.15) is 40.0 Å². The number of amides is 2. The minimum atomic E-state index is -0.407. The maximum atomic E-state index is 11.7. The summed E-state index contributed by atoms with van der Waals surface area (Å²) in [5.41, 5.74) is 10.7. The van der Waals surface area contributed by atoms with Gasteiger partial charge in [0.1, 0.15) is 0 Å². The van der Waals surface area contributed by atoms with Crippen molar-refractivity contribution >= 4 is 11.8 Å². The summed E-state index contributed by atoms with van der Waals surface area (Å²) in [6.07, 6.45) is 1.52. The summed E-state index contributed by atoms with van der Waals surface area (Å²) in [6, 6.07) is -0.211. The van der Waals surface area contributed by atoms with Crippen LogP contribution in [-0.4, -0.2) is 24.4 Å². The van der Waals surface area contributed by atoms with Crippen molar-refractivity contribution in [2.75, 3.05) is 6.54 Å². The van der Waals surface area contributed by atoms with Crippen molar-refractivity contribution < 1.29 is 9.59 Å². The molecule has 0 fully saturated rings. The summed E-state index contributed by atoms with van der Waals surface area (Å²) in [5.74, 6) is 0.264. The number of nitrogens with one attached hydrogen (secondary N) is 1. The first kappa shape index (κ1) is 15.9. The average molecular weight is 243 g/mol. The maximum Gasteiger partial charge on any atom is 0.220 e.